The fraction of sp³-hybridized carbons (Fsp3) is 0.261. The topological polar surface area (TPSA) is 105 Å². The first-order valence-corrected chi connectivity index (χ1v) is 13.4. The van der Waals surface area contributed by atoms with Gasteiger partial charge in [0.25, 0.3) is 10.0 Å². The van der Waals surface area contributed by atoms with Crippen molar-refractivity contribution in [2.45, 2.75) is 42.6 Å². The minimum atomic E-state index is -4.05. The lowest BCUT2D eigenvalue weighted by Gasteiger charge is -2.28. The Morgan fingerprint density at radius 1 is 0.844 bits per heavy atom. The van der Waals surface area contributed by atoms with Crippen LogP contribution in [-0.2, 0) is 26.6 Å². The first-order valence-electron chi connectivity index (χ1n) is 10.3. The standard InChI is InChI=1S/C23H27N3O4S2/c1-2-11-21(31(27,28)25-18-19-12-5-3-6-13-19)23(20-14-7-4-8-15-20)26-32(29,30)22-16-9-10-17-24-22/h3-10,12-17,21,23,25-26H,2,11,18H2,1H3/t21-,23-/m0/s1. The van der Waals surface area contributed by atoms with E-state index in [0.29, 0.717) is 12.0 Å². The van der Waals surface area contributed by atoms with Crippen molar-refractivity contribution < 1.29 is 16.8 Å². The van der Waals surface area contributed by atoms with E-state index in [1.807, 2.05) is 37.3 Å². The minimum absolute atomic E-state index is 0.123. The number of nitrogens with zero attached hydrogens (tertiary/aromatic N) is 1. The molecule has 0 radical (unpaired) electrons. The molecule has 0 aliphatic rings. The molecule has 0 aliphatic carbocycles. The maximum Gasteiger partial charge on any atom is 0.258 e. The van der Waals surface area contributed by atoms with E-state index in [4.69, 9.17) is 0 Å². The smallest absolute Gasteiger partial charge is 0.243 e. The van der Waals surface area contributed by atoms with E-state index >= 15 is 0 Å². The number of hydrogen-bond donors (Lipinski definition) is 2. The van der Waals surface area contributed by atoms with Crippen molar-refractivity contribution in [3.8, 4) is 0 Å². The van der Waals surface area contributed by atoms with Gasteiger partial charge in [0.2, 0.25) is 10.0 Å². The molecule has 0 saturated heterocycles. The van der Waals surface area contributed by atoms with Gasteiger partial charge in [-0.25, -0.2) is 31.3 Å². The molecular weight excluding hydrogens is 446 g/mol. The fourth-order valence-electron chi connectivity index (χ4n) is 3.42. The molecule has 2 N–H and O–H groups in total. The second-order valence-corrected chi connectivity index (χ2v) is 11.0. The van der Waals surface area contributed by atoms with Gasteiger partial charge in [-0.1, -0.05) is 80.1 Å². The zero-order valence-corrected chi connectivity index (χ0v) is 19.4. The second-order valence-electron chi connectivity index (χ2n) is 7.36. The van der Waals surface area contributed by atoms with E-state index < -0.39 is 31.3 Å². The molecule has 0 fully saturated rings. The Labute approximate surface area is 190 Å². The summed E-state index contributed by atoms with van der Waals surface area (Å²) < 4.78 is 58.1. The van der Waals surface area contributed by atoms with Crippen molar-refractivity contribution in [3.05, 3.63) is 96.2 Å². The molecule has 2 atom stereocenters. The Bertz CT molecular complexity index is 1190. The lowest BCUT2D eigenvalue weighted by molar-refractivity contribution is 0.495. The Morgan fingerprint density at radius 2 is 1.47 bits per heavy atom. The number of sulfonamides is 2. The average Bonchev–Trinajstić information content (AvgIpc) is 2.82. The van der Waals surface area contributed by atoms with Gasteiger partial charge in [-0.05, 0) is 29.7 Å². The summed E-state index contributed by atoms with van der Waals surface area (Å²) in [7, 11) is -7.93. The number of hydrogen-bond acceptors (Lipinski definition) is 5. The normalized spacial score (nSPS) is 14.0. The van der Waals surface area contributed by atoms with E-state index in [-0.39, 0.29) is 18.0 Å². The largest absolute Gasteiger partial charge is 0.258 e. The summed E-state index contributed by atoms with van der Waals surface area (Å²) in [6.07, 6.45) is 2.22. The van der Waals surface area contributed by atoms with Crippen LogP contribution in [0.5, 0.6) is 0 Å². The van der Waals surface area contributed by atoms with Gasteiger partial charge in [-0.15, -0.1) is 0 Å². The lowest BCUT2D eigenvalue weighted by Crippen LogP contribution is -2.44. The second kappa shape index (κ2) is 10.8. The summed E-state index contributed by atoms with van der Waals surface area (Å²) in [5.41, 5.74) is 1.38. The summed E-state index contributed by atoms with van der Waals surface area (Å²) in [6, 6.07) is 21.5. The van der Waals surface area contributed by atoms with Crippen molar-refractivity contribution in [1.82, 2.24) is 14.4 Å². The molecule has 0 saturated carbocycles. The Morgan fingerprint density at radius 3 is 2.06 bits per heavy atom. The molecule has 32 heavy (non-hydrogen) atoms. The number of aromatic nitrogens is 1. The first kappa shape index (κ1) is 24.1. The van der Waals surface area contributed by atoms with Crippen LogP contribution in [-0.4, -0.2) is 27.1 Å². The molecular formula is C23H27N3O4S2. The van der Waals surface area contributed by atoms with Gasteiger partial charge < -0.3 is 0 Å². The molecule has 7 nitrogen and oxygen atoms in total. The Kier molecular flexibility index (Phi) is 8.14. The van der Waals surface area contributed by atoms with Crippen LogP contribution in [0.25, 0.3) is 0 Å². The zero-order valence-electron chi connectivity index (χ0n) is 17.8. The third kappa shape index (κ3) is 6.23. The summed E-state index contributed by atoms with van der Waals surface area (Å²) in [4.78, 5) is 3.93. The molecule has 1 heterocycles. The molecule has 9 heteroatoms. The van der Waals surface area contributed by atoms with E-state index in [0.717, 1.165) is 5.56 Å². The molecule has 3 aromatic rings. The predicted octanol–water partition coefficient (Wildman–Crippen LogP) is 3.39. The highest BCUT2D eigenvalue weighted by molar-refractivity contribution is 7.90. The van der Waals surface area contributed by atoms with Crippen molar-refractivity contribution in [3.63, 3.8) is 0 Å². The van der Waals surface area contributed by atoms with E-state index in [1.165, 1.54) is 12.3 Å². The predicted molar refractivity (Wildman–Crippen MR) is 125 cm³/mol. The Hall–Kier alpha value is -2.59. The highest BCUT2D eigenvalue weighted by Gasteiger charge is 2.36. The van der Waals surface area contributed by atoms with Gasteiger partial charge in [0.05, 0.1) is 11.3 Å². The maximum atomic E-state index is 13.4. The van der Waals surface area contributed by atoms with Crippen LogP contribution in [0.3, 0.4) is 0 Å². The summed E-state index contributed by atoms with van der Waals surface area (Å²) in [5.74, 6) is 0. The fourth-order valence-corrected chi connectivity index (χ4v) is 6.44. The molecule has 0 amide bonds. The lowest BCUT2D eigenvalue weighted by atomic mass is 10.0. The molecule has 2 aromatic carbocycles. The third-order valence-corrected chi connectivity index (χ3v) is 8.23. The van der Waals surface area contributed by atoms with Crippen molar-refractivity contribution in [1.29, 1.82) is 0 Å². The van der Waals surface area contributed by atoms with Gasteiger partial charge in [-0.3, -0.25) is 0 Å². The molecule has 3 rings (SSSR count). The van der Waals surface area contributed by atoms with Gasteiger partial charge in [-0.2, -0.15) is 0 Å². The monoisotopic (exact) mass is 473 g/mol. The van der Waals surface area contributed by atoms with E-state index in [9.17, 15) is 16.8 Å². The zero-order chi connectivity index (χ0) is 23.0. The van der Waals surface area contributed by atoms with Crippen molar-refractivity contribution in [2.24, 2.45) is 0 Å². The number of pyridine rings is 1. The number of rotatable bonds is 11. The maximum absolute atomic E-state index is 13.4. The SMILES string of the molecule is CCC[C@@H]([C@@H](NS(=O)(=O)c1ccccn1)c1ccccc1)S(=O)(=O)NCc1ccccc1. The van der Waals surface area contributed by atoms with Crippen LogP contribution in [0.1, 0.15) is 36.9 Å². The van der Waals surface area contributed by atoms with Crippen molar-refractivity contribution in [2.75, 3.05) is 0 Å². The van der Waals surface area contributed by atoms with Crippen LogP contribution < -0.4 is 9.44 Å². The molecule has 0 unspecified atom stereocenters. The molecule has 0 bridgehead atoms. The van der Waals surface area contributed by atoms with Crippen LogP contribution >= 0.6 is 0 Å². The van der Waals surface area contributed by atoms with E-state index in [1.54, 1.807) is 42.5 Å². The van der Waals surface area contributed by atoms with Crippen LogP contribution in [0.15, 0.2) is 90.1 Å². The summed E-state index contributed by atoms with van der Waals surface area (Å²) in [5, 5.41) is -1.18. The summed E-state index contributed by atoms with van der Waals surface area (Å²) in [6.45, 7) is 1.99. The number of nitrogens with one attached hydrogen (secondary N) is 2. The van der Waals surface area contributed by atoms with Crippen molar-refractivity contribution >= 4 is 20.0 Å². The van der Waals surface area contributed by atoms with Crippen LogP contribution in [0.4, 0.5) is 0 Å². The molecule has 170 valence electrons. The quantitative estimate of drug-likeness (QED) is 0.444. The van der Waals surface area contributed by atoms with Gasteiger partial charge >= 0.3 is 0 Å². The van der Waals surface area contributed by atoms with Gasteiger partial charge in [0, 0.05) is 12.7 Å². The minimum Gasteiger partial charge on any atom is -0.243 e. The molecule has 0 spiro atoms. The number of benzene rings is 2. The Balaban J connectivity index is 1.96. The average molecular weight is 474 g/mol. The van der Waals surface area contributed by atoms with Gasteiger partial charge in [0.1, 0.15) is 0 Å². The van der Waals surface area contributed by atoms with Crippen LogP contribution in [0, 0.1) is 0 Å². The third-order valence-electron chi connectivity index (χ3n) is 5.02. The van der Waals surface area contributed by atoms with Gasteiger partial charge in [0.15, 0.2) is 5.03 Å². The molecule has 0 aliphatic heterocycles. The highest BCUT2D eigenvalue weighted by atomic mass is 32.2. The summed E-state index contributed by atoms with van der Waals surface area (Å²) >= 11 is 0. The highest BCUT2D eigenvalue weighted by Crippen LogP contribution is 2.27. The first-order chi connectivity index (χ1) is 15.3. The van der Waals surface area contributed by atoms with E-state index in [2.05, 4.69) is 14.4 Å². The molecule has 1 aromatic heterocycles. The van der Waals surface area contributed by atoms with Crippen LogP contribution in [0.2, 0.25) is 0 Å².